The lowest BCUT2D eigenvalue weighted by molar-refractivity contribution is 0.0951. The maximum Gasteiger partial charge on any atom is 0.251 e. The molecule has 1 amide bonds. The summed E-state index contributed by atoms with van der Waals surface area (Å²) < 4.78 is 1.74. The van der Waals surface area contributed by atoms with E-state index in [-0.39, 0.29) is 5.91 Å². The molecule has 110 valence electrons. The molecule has 0 unspecified atom stereocenters. The number of nitrogens with one attached hydrogen (secondary N) is 1. The van der Waals surface area contributed by atoms with E-state index in [1.807, 2.05) is 42.6 Å². The number of carbonyl (C=O) groups excluding carboxylic acids is 1. The van der Waals surface area contributed by atoms with Crippen molar-refractivity contribution >= 4 is 17.5 Å². The first-order valence-electron chi connectivity index (χ1n) is 6.85. The first-order valence-corrected chi connectivity index (χ1v) is 7.23. The minimum absolute atomic E-state index is 0.119. The fourth-order valence-electron chi connectivity index (χ4n) is 2.12. The second kappa shape index (κ2) is 6.45. The first kappa shape index (κ1) is 14.4. The molecule has 1 N–H and O–H groups in total. The molecule has 2 aromatic carbocycles. The molecular formula is C17H14ClN3O. The lowest BCUT2D eigenvalue weighted by Gasteiger charge is -2.07. The van der Waals surface area contributed by atoms with Crippen molar-refractivity contribution in [2.75, 3.05) is 0 Å². The van der Waals surface area contributed by atoms with Gasteiger partial charge in [-0.3, -0.25) is 4.79 Å². The fraction of sp³-hybridized carbons (Fsp3) is 0.0588. The van der Waals surface area contributed by atoms with Gasteiger partial charge in [0.15, 0.2) is 0 Å². The van der Waals surface area contributed by atoms with Gasteiger partial charge in [0.25, 0.3) is 5.91 Å². The molecule has 1 heterocycles. The molecule has 4 nitrogen and oxygen atoms in total. The van der Waals surface area contributed by atoms with E-state index in [2.05, 4.69) is 10.4 Å². The summed E-state index contributed by atoms with van der Waals surface area (Å²) in [4.78, 5) is 12.1. The van der Waals surface area contributed by atoms with Crippen LogP contribution in [0.5, 0.6) is 0 Å². The van der Waals surface area contributed by atoms with Crippen LogP contribution in [0.2, 0.25) is 5.02 Å². The zero-order chi connectivity index (χ0) is 15.4. The van der Waals surface area contributed by atoms with Gasteiger partial charge in [-0.2, -0.15) is 5.10 Å². The van der Waals surface area contributed by atoms with Gasteiger partial charge in [-0.15, -0.1) is 0 Å². The molecule has 0 fully saturated rings. The van der Waals surface area contributed by atoms with Crippen LogP contribution in [0.1, 0.15) is 15.9 Å². The Bertz CT molecular complexity index is 767. The van der Waals surface area contributed by atoms with Crippen molar-refractivity contribution in [2.24, 2.45) is 0 Å². The maximum atomic E-state index is 12.1. The molecule has 0 bridgehead atoms. The normalized spacial score (nSPS) is 10.4. The van der Waals surface area contributed by atoms with E-state index < -0.39 is 0 Å². The highest BCUT2D eigenvalue weighted by Gasteiger charge is 2.06. The van der Waals surface area contributed by atoms with E-state index in [0.29, 0.717) is 17.1 Å². The Kier molecular flexibility index (Phi) is 4.21. The number of carbonyl (C=O) groups is 1. The highest BCUT2D eigenvalue weighted by molar-refractivity contribution is 6.30. The van der Waals surface area contributed by atoms with Gasteiger partial charge in [-0.1, -0.05) is 23.7 Å². The maximum absolute atomic E-state index is 12.1. The molecule has 22 heavy (non-hydrogen) atoms. The zero-order valence-corrected chi connectivity index (χ0v) is 12.5. The molecule has 0 saturated heterocycles. The standard InChI is InChI=1S/C17H14ClN3O/c18-15-4-1-3-13(11-15)12-19-17(22)14-5-7-16(8-6-14)21-10-2-9-20-21/h1-11H,12H2,(H,19,22). The van der Waals surface area contributed by atoms with Crippen molar-refractivity contribution in [2.45, 2.75) is 6.54 Å². The summed E-state index contributed by atoms with van der Waals surface area (Å²) in [5, 5.41) is 7.69. The Morgan fingerprint density at radius 2 is 1.95 bits per heavy atom. The Labute approximate surface area is 133 Å². The van der Waals surface area contributed by atoms with Crippen molar-refractivity contribution in [3.63, 3.8) is 0 Å². The van der Waals surface area contributed by atoms with E-state index in [0.717, 1.165) is 11.3 Å². The Hall–Kier alpha value is -2.59. The van der Waals surface area contributed by atoms with Crippen LogP contribution >= 0.6 is 11.6 Å². The summed E-state index contributed by atoms with van der Waals surface area (Å²) in [6.07, 6.45) is 3.57. The molecule has 0 saturated carbocycles. The molecule has 5 heteroatoms. The number of amides is 1. The van der Waals surface area contributed by atoms with E-state index >= 15 is 0 Å². The fourth-order valence-corrected chi connectivity index (χ4v) is 2.33. The van der Waals surface area contributed by atoms with Gasteiger partial charge in [-0.05, 0) is 48.0 Å². The Morgan fingerprint density at radius 3 is 2.64 bits per heavy atom. The first-order chi connectivity index (χ1) is 10.7. The Morgan fingerprint density at radius 1 is 1.14 bits per heavy atom. The quantitative estimate of drug-likeness (QED) is 0.802. The minimum atomic E-state index is -0.119. The number of aromatic nitrogens is 2. The van der Waals surface area contributed by atoms with Crippen LogP contribution in [0.3, 0.4) is 0 Å². The van der Waals surface area contributed by atoms with Gasteiger partial charge in [0, 0.05) is 29.5 Å². The van der Waals surface area contributed by atoms with Crippen LogP contribution in [0.25, 0.3) is 5.69 Å². The van der Waals surface area contributed by atoms with Crippen molar-refractivity contribution in [3.05, 3.63) is 83.1 Å². The van der Waals surface area contributed by atoms with Crippen molar-refractivity contribution in [3.8, 4) is 5.69 Å². The van der Waals surface area contributed by atoms with Crippen LogP contribution in [-0.4, -0.2) is 15.7 Å². The molecule has 0 aliphatic rings. The van der Waals surface area contributed by atoms with Crippen LogP contribution in [0.15, 0.2) is 67.0 Å². The summed E-state index contributed by atoms with van der Waals surface area (Å²) in [7, 11) is 0. The van der Waals surface area contributed by atoms with Crippen LogP contribution < -0.4 is 5.32 Å². The number of rotatable bonds is 4. The molecule has 3 aromatic rings. The predicted molar refractivity (Wildman–Crippen MR) is 86.2 cm³/mol. The molecule has 0 radical (unpaired) electrons. The molecular weight excluding hydrogens is 298 g/mol. The molecule has 0 aliphatic carbocycles. The second-order valence-corrected chi connectivity index (χ2v) is 5.25. The minimum Gasteiger partial charge on any atom is -0.348 e. The number of hydrogen-bond acceptors (Lipinski definition) is 2. The van der Waals surface area contributed by atoms with Crippen molar-refractivity contribution in [1.29, 1.82) is 0 Å². The summed E-state index contributed by atoms with van der Waals surface area (Å²) in [6.45, 7) is 0.445. The average molecular weight is 312 g/mol. The lowest BCUT2D eigenvalue weighted by Crippen LogP contribution is -2.22. The molecule has 0 atom stereocenters. The third-order valence-electron chi connectivity index (χ3n) is 3.24. The summed E-state index contributed by atoms with van der Waals surface area (Å²) in [5.74, 6) is -0.119. The third-order valence-corrected chi connectivity index (χ3v) is 3.48. The van der Waals surface area contributed by atoms with Gasteiger partial charge in [-0.25, -0.2) is 4.68 Å². The smallest absolute Gasteiger partial charge is 0.251 e. The number of hydrogen-bond donors (Lipinski definition) is 1. The van der Waals surface area contributed by atoms with E-state index in [4.69, 9.17) is 11.6 Å². The van der Waals surface area contributed by atoms with Gasteiger partial charge in [0.2, 0.25) is 0 Å². The van der Waals surface area contributed by atoms with Crippen molar-refractivity contribution in [1.82, 2.24) is 15.1 Å². The van der Waals surface area contributed by atoms with E-state index in [1.165, 1.54) is 0 Å². The lowest BCUT2D eigenvalue weighted by atomic mass is 10.2. The second-order valence-electron chi connectivity index (χ2n) is 4.81. The Balaban J connectivity index is 1.65. The van der Waals surface area contributed by atoms with Gasteiger partial charge >= 0.3 is 0 Å². The zero-order valence-electron chi connectivity index (χ0n) is 11.7. The molecule has 3 rings (SSSR count). The number of benzene rings is 2. The number of halogens is 1. The summed E-state index contributed by atoms with van der Waals surface area (Å²) >= 11 is 5.92. The van der Waals surface area contributed by atoms with Gasteiger partial charge in [0.1, 0.15) is 0 Å². The predicted octanol–water partition coefficient (Wildman–Crippen LogP) is 3.46. The highest BCUT2D eigenvalue weighted by atomic mass is 35.5. The van der Waals surface area contributed by atoms with E-state index in [1.54, 1.807) is 29.1 Å². The molecule has 0 aliphatic heterocycles. The third kappa shape index (κ3) is 3.35. The monoisotopic (exact) mass is 311 g/mol. The SMILES string of the molecule is O=C(NCc1cccc(Cl)c1)c1ccc(-n2cccn2)cc1. The highest BCUT2D eigenvalue weighted by Crippen LogP contribution is 2.11. The summed E-state index contributed by atoms with van der Waals surface area (Å²) in [6, 6.07) is 16.6. The largest absolute Gasteiger partial charge is 0.348 e. The van der Waals surface area contributed by atoms with Crippen LogP contribution in [0, 0.1) is 0 Å². The van der Waals surface area contributed by atoms with Crippen LogP contribution in [-0.2, 0) is 6.54 Å². The van der Waals surface area contributed by atoms with E-state index in [9.17, 15) is 4.79 Å². The molecule has 0 spiro atoms. The topological polar surface area (TPSA) is 46.9 Å². The van der Waals surface area contributed by atoms with Crippen LogP contribution in [0.4, 0.5) is 0 Å². The van der Waals surface area contributed by atoms with Gasteiger partial charge in [0.05, 0.1) is 5.69 Å². The summed E-state index contributed by atoms with van der Waals surface area (Å²) in [5.41, 5.74) is 2.49. The van der Waals surface area contributed by atoms with Gasteiger partial charge < -0.3 is 5.32 Å². The van der Waals surface area contributed by atoms with Crippen molar-refractivity contribution < 1.29 is 4.79 Å². The average Bonchev–Trinajstić information content (AvgIpc) is 3.07. The molecule has 1 aromatic heterocycles. The number of nitrogens with zero attached hydrogens (tertiary/aromatic N) is 2.